The Kier molecular flexibility index (Phi) is 6.69. The molecular weight excluding hydrogens is 368 g/mol. The molecule has 1 atom stereocenters. The molecule has 0 aliphatic rings. The normalized spacial score (nSPS) is 11.8. The fraction of sp³-hybridized carbons (Fsp3) is 0.389. The minimum atomic E-state index is -1.18. The number of aromatic amines is 1. The van der Waals surface area contributed by atoms with E-state index in [0.717, 1.165) is 4.90 Å². The van der Waals surface area contributed by atoms with Gasteiger partial charge in [-0.3, -0.25) is 23.9 Å². The number of amides is 2. The third-order valence-electron chi connectivity index (χ3n) is 4.33. The quantitative estimate of drug-likeness (QED) is 0.556. The van der Waals surface area contributed by atoms with Crippen molar-refractivity contribution in [3.8, 4) is 0 Å². The van der Waals surface area contributed by atoms with Crippen molar-refractivity contribution in [1.82, 2.24) is 19.8 Å². The number of aryl methyl sites for hydroxylation is 1. The van der Waals surface area contributed by atoms with Gasteiger partial charge in [-0.1, -0.05) is 12.1 Å². The summed E-state index contributed by atoms with van der Waals surface area (Å²) in [7, 11) is 0. The summed E-state index contributed by atoms with van der Waals surface area (Å²) in [6.45, 7) is 2.79. The second-order valence-electron chi connectivity index (χ2n) is 6.26. The molecule has 0 fully saturated rings. The van der Waals surface area contributed by atoms with Gasteiger partial charge in [-0.15, -0.1) is 0 Å². The van der Waals surface area contributed by atoms with E-state index in [9.17, 15) is 29.1 Å². The van der Waals surface area contributed by atoms with Crippen molar-refractivity contribution in [3.63, 3.8) is 0 Å². The number of H-pyrrole nitrogens is 1. The van der Waals surface area contributed by atoms with E-state index in [1.165, 1.54) is 18.4 Å². The molecular formula is C18H22N4O6. The second kappa shape index (κ2) is 8.98. The number of aromatic nitrogens is 2. The van der Waals surface area contributed by atoms with Gasteiger partial charge < -0.3 is 15.3 Å². The number of nitrogens with one attached hydrogen (secondary N) is 2. The van der Waals surface area contributed by atoms with Gasteiger partial charge in [0.15, 0.2) is 0 Å². The molecule has 0 saturated carbocycles. The zero-order valence-corrected chi connectivity index (χ0v) is 15.6. The van der Waals surface area contributed by atoms with Crippen molar-refractivity contribution in [2.24, 2.45) is 0 Å². The Labute approximate surface area is 159 Å². The molecule has 28 heavy (non-hydrogen) atoms. The topological polar surface area (TPSA) is 142 Å². The maximum Gasteiger partial charge on any atom is 0.328 e. The molecule has 2 rings (SSSR count). The van der Waals surface area contributed by atoms with E-state index in [0.29, 0.717) is 10.9 Å². The highest BCUT2D eigenvalue weighted by molar-refractivity contribution is 5.84. The lowest BCUT2D eigenvalue weighted by Gasteiger charge is -2.27. The van der Waals surface area contributed by atoms with Crippen LogP contribution in [-0.2, 0) is 20.9 Å². The van der Waals surface area contributed by atoms with Gasteiger partial charge in [-0.25, -0.2) is 9.59 Å². The Morgan fingerprint density at radius 1 is 1.25 bits per heavy atom. The summed E-state index contributed by atoms with van der Waals surface area (Å²) in [5.74, 6) is -1.95. The summed E-state index contributed by atoms with van der Waals surface area (Å²) in [6.07, 6.45) is -0.145. The maximum absolute atomic E-state index is 12.6. The first-order valence-corrected chi connectivity index (χ1v) is 8.71. The van der Waals surface area contributed by atoms with E-state index in [4.69, 9.17) is 0 Å². The van der Waals surface area contributed by atoms with Crippen LogP contribution in [0.4, 0.5) is 0 Å². The first kappa shape index (κ1) is 20.9. The largest absolute Gasteiger partial charge is 0.480 e. The van der Waals surface area contributed by atoms with Gasteiger partial charge in [0, 0.05) is 33.0 Å². The average molecular weight is 390 g/mol. The summed E-state index contributed by atoms with van der Waals surface area (Å²) in [6, 6.07) is 5.41. The fourth-order valence-corrected chi connectivity index (χ4v) is 2.84. The lowest BCUT2D eigenvalue weighted by atomic mass is 10.2. The smallest absolute Gasteiger partial charge is 0.328 e. The lowest BCUT2D eigenvalue weighted by molar-refractivity contribution is -0.149. The average Bonchev–Trinajstić information content (AvgIpc) is 2.64. The van der Waals surface area contributed by atoms with Crippen LogP contribution < -0.4 is 16.6 Å². The molecule has 0 bridgehead atoms. The van der Waals surface area contributed by atoms with Crippen LogP contribution in [0.5, 0.6) is 0 Å². The number of benzene rings is 1. The highest BCUT2D eigenvalue weighted by Crippen LogP contribution is 2.09. The number of aliphatic carboxylic acids is 1. The first-order valence-electron chi connectivity index (χ1n) is 8.71. The van der Waals surface area contributed by atoms with E-state index in [2.05, 4.69) is 10.3 Å². The van der Waals surface area contributed by atoms with E-state index < -0.39 is 29.2 Å². The van der Waals surface area contributed by atoms with Crippen molar-refractivity contribution < 1.29 is 19.5 Å². The highest BCUT2D eigenvalue weighted by Gasteiger charge is 2.25. The van der Waals surface area contributed by atoms with Crippen molar-refractivity contribution in [3.05, 3.63) is 45.1 Å². The summed E-state index contributed by atoms with van der Waals surface area (Å²) >= 11 is 0. The zero-order chi connectivity index (χ0) is 20.8. The zero-order valence-electron chi connectivity index (χ0n) is 15.6. The molecule has 2 aromatic rings. The molecule has 0 spiro atoms. The van der Waals surface area contributed by atoms with Gasteiger partial charge in [0.25, 0.3) is 5.56 Å². The number of carboxylic acids is 1. The number of hydrogen-bond donors (Lipinski definition) is 3. The summed E-state index contributed by atoms with van der Waals surface area (Å²) in [5, 5.41) is 12.1. The lowest BCUT2D eigenvalue weighted by Crippen LogP contribution is -2.47. The number of carbonyl (C=O) groups is 3. The molecule has 1 aromatic carbocycles. The maximum atomic E-state index is 12.6. The van der Waals surface area contributed by atoms with E-state index in [1.807, 2.05) is 0 Å². The van der Waals surface area contributed by atoms with Crippen LogP contribution in [-0.4, -0.2) is 56.5 Å². The SMILES string of the molecule is CC(=O)NCCN(C(=O)CCn1c(=O)[nH]c(=O)c2ccccc21)C(C)C(=O)O. The van der Waals surface area contributed by atoms with E-state index in [1.54, 1.807) is 24.3 Å². The van der Waals surface area contributed by atoms with Crippen LogP contribution in [0.25, 0.3) is 10.9 Å². The number of hydrogen-bond acceptors (Lipinski definition) is 5. The molecule has 1 unspecified atom stereocenters. The van der Waals surface area contributed by atoms with Gasteiger partial charge in [0.2, 0.25) is 11.8 Å². The number of carbonyl (C=O) groups excluding carboxylic acids is 2. The Hall–Kier alpha value is -3.43. The monoisotopic (exact) mass is 390 g/mol. The van der Waals surface area contributed by atoms with Crippen molar-refractivity contribution in [2.45, 2.75) is 32.9 Å². The Balaban J connectivity index is 2.21. The number of rotatable bonds is 8. The van der Waals surface area contributed by atoms with Crippen LogP contribution >= 0.6 is 0 Å². The van der Waals surface area contributed by atoms with Gasteiger partial charge in [0.05, 0.1) is 10.9 Å². The predicted molar refractivity (Wildman–Crippen MR) is 101 cm³/mol. The molecule has 0 aliphatic carbocycles. The molecule has 3 N–H and O–H groups in total. The molecule has 0 saturated heterocycles. The van der Waals surface area contributed by atoms with Crippen molar-refractivity contribution in [2.75, 3.05) is 13.1 Å². The first-order chi connectivity index (χ1) is 13.2. The van der Waals surface area contributed by atoms with Crippen LogP contribution in [0, 0.1) is 0 Å². The van der Waals surface area contributed by atoms with Gasteiger partial charge in [-0.05, 0) is 19.1 Å². The number of para-hydroxylation sites is 1. The standard InChI is InChI=1S/C18H22N4O6/c1-11(17(26)27)21(10-8-19-12(2)23)15(24)7-9-22-14-6-4-3-5-13(14)16(25)20-18(22)28/h3-6,11H,7-10H2,1-2H3,(H,19,23)(H,26,27)(H,20,25,28). The Morgan fingerprint density at radius 2 is 1.93 bits per heavy atom. The van der Waals surface area contributed by atoms with Gasteiger partial charge in [0.1, 0.15) is 6.04 Å². The van der Waals surface area contributed by atoms with Crippen LogP contribution in [0.15, 0.2) is 33.9 Å². The minimum Gasteiger partial charge on any atom is -0.480 e. The summed E-state index contributed by atoms with van der Waals surface area (Å²) in [5.41, 5.74) is -0.771. The molecule has 0 aliphatic heterocycles. The van der Waals surface area contributed by atoms with Crippen LogP contribution in [0.1, 0.15) is 20.3 Å². The number of carboxylic acid groups (broad SMARTS) is 1. The van der Waals surface area contributed by atoms with Gasteiger partial charge >= 0.3 is 11.7 Å². The van der Waals surface area contributed by atoms with Crippen LogP contribution in [0.3, 0.4) is 0 Å². The molecule has 10 nitrogen and oxygen atoms in total. The van der Waals surface area contributed by atoms with E-state index in [-0.39, 0.29) is 32.0 Å². The molecule has 1 aromatic heterocycles. The second-order valence-corrected chi connectivity index (χ2v) is 6.26. The van der Waals surface area contributed by atoms with E-state index >= 15 is 0 Å². The van der Waals surface area contributed by atoms with Crippen molar-refractivity contribution >= 4 is 28.7 Å². The third-order valence-corrected chi connectivity index (χ3v) is 4.33. The third kappa shape index (κ3) is 4.84. The number of fused-ring (bicyclic) bond motifs is 1. The van der Waals surface area contributed by atoms with Gasteiger partial charge in [-0.2, -0.15) is 0 Å². The summed E-state index contributed by atoms with van der Waals surface area (Å²) in [4.78, 5) is 62.3. The molecule has 0 radical (unpaired) electrons. The number of nitrogens with zero attached hydrogens (tertiary/aromatic N) is 2. The molecule has 2 amide bonds. The summed E-state index contributed by atoms with van der Waals surface area (Å²) < 4.78 is 1.27. The van der Waals surface area contributed by atoms with Crippen LogP contribution in [0.2, 0.25) is 0 Å². The highest BCUT2D eigenvalue weighted by atomic mass is 16.4. The van der Waals surface area contributed by atoms with Crippen molar-refractivity contribution in [1.29, 1.82) is 0 Å². The molecule has 150 valence electrons. The fourth-order valence-electron chi connectivity index (χ4n) is 2.84. The molecule has 10 heteroatoms. The molecule has 1 heterocycles. The predicted octanol–water partition coefficient (Wildman–Crippen LogP) is -0.482. The Bertz CT molecular complexity index is 1010. The minimum absolute atomic E-state index is 0.0210. The Morgan fingerprint density at radius 3 is 2.57 bits per heavy atom.